The normalized spacial score (nSPS) is 12.6. The van der Waals surface area contributed by atoms with Crippen LogP contribution in [0.5, 0.6) is 0 Å². The number of hydrogen-bond donors (Lipinski definition) is 0. The van der Waals surface area contributed by atoms with Crippen LogP contribution >= 0.6 is 0 Å². The molecule has 0 aliphatic carbocycles. The molecule has 0 rings (SSSR count). The van der Waals surface area contributed by atoms with E-state index in [4.69, 9.17) is 0 Å². The smallest absolute Gasteiger partial charge is 0.304 e. The third-order valence-corrected chi connectivity index (χ3v) is 3.78. The van der Waals surface area contributed by atoms with Crippen molar-refractivity contribution in [2.75, 3.05) is 13.1 Å². The zero-order valence-electron chi connectivity index (χ0n) is 14.0. The molecule has 0 atom stereocenters. The first-order valence-electron chi connectivity index (χ1n) is 7.60. The van der Waals surface area contributed by atoms with Crippen LogP contribution in [0.4, 0.5) is 0 Å². The molecule has 0 aromatic carbocycles. The molecule has 0 aromatic rings. The predicted molar refractivity (Wildman–Crippen MR) is 82.8 cm³/mol. The van der Waals surface area contributed by atoms with Crippen LogP contribution < -0.4 is 0 Å². The molecule has 0 fully saturated rings. The highest BCUT2D eigenvalue weighted by Crippen LogP contribution is 2.26. The zero-order chi connectivity index (χ0) is 15.8. The van der Waals surface area contributed by atoms with Crippen molar-refractivity contribution in [1.29, 1.82) is 0 Å². The van der Waals surface area contributed by atoms with Gasteiger partial charge in [0.1, 0.15) is 5.54 Å². The van der Waals surface area contributed by atoms with Crippen LogP contribution in [-0.2, 0) is 9.59 Å². The molecule has 116 valence electrons. The van der Waals surface area contributed by atoms with Gasteiger partial charge >= 0.3 is 6.41 Å². The van der Waals surface area contributed by atoms with Crippen molar-refractivity contribution < 1.29 is 9.59 Å². The molecule has 0 saturated carbocycles. The van der Waals surface area contributed by atoms with Crippen LogP contribution in [0.15, 0.2) is 0 Å². The lowest BCUT2D eigenvalue weighted by atomic mass is 9.99. The summed E-state index contributed by atoms with van der Waals surface area (Å²) in [5.41, 5.74) is -1.52. The first kappa shape index (κ1) is 19.1. The Hall–Kier alpha value is -0.900. The number of nitrogens with zero attached hydrogens (tertiary/aromatic N) is 2. The molecule has 0 heterocycles. The quantitative estimate of drug-likeness (QED) is 0.432. The Morgan fingerprint density at radius 2 is 1.35 bits per heavy atom. The van der Waals surface area contributed by atoms with Crippen molar-refractivity contribution >= 4 is 12.7 Å². The van der Waals surface area contributed by atoms with Crippen molar-refractivity contribution in [2.24, 2.45) is 0 Å². The minimum atomic E-state index is -0.970. The van der Waals surface area contributed by atoms with Gasteiger partial charge in [-0.05, 0) is 40.5 Å². The van der Waals surface area contributed by atoms with Crippen molar-refractivity contribution in [3.05, 3.63) is 0 Å². The fraction of sp³-hybridized carbons (Fsp3) is 0.875. The topological polar surface area (TPSA) is 40.6 Å². The van der Waals surface area contributed by atoms with Gasteiger partial charge in [-0.15, -0.1) is 0 Å². The number of hydrogen-bond acceptors (Lipinski definition) is 3. The van der Waals surface area contributed by atoms with Crippen molar-refractivity contribution in [2.45, 2.75) is 78.4 Å². The van der Waals surface area contributed by atoms with Gasteiger partial charge in [-0.1, -0.05) is 26.7 Å². The van der Waals surface area contributed by atoms with E-state index < -0.39 is 11.2 Å². The van der Waals surface area contributed by atoms with Gasteiger partial charge in [-0.3, -0.25) is 14.5 Å². The Bertz CT molecular complexity index is 293. The summed E-state index contributed by atoms with van der Waals surface area (Å²) < 4.78 is 0. The lowest BCUT2D eigenvalue weighted by Gasteiger charge is -2.49. The predicted octanol–water partition coefficient (Wildman–Crippen LogP) is 2.88. The number of rotatable bonds is 11. The fourth-order valence-electron chi connectivity index (χ4n) is 2.45. The average molecular weight is 282 g/mol. The van der Waals surface area contributed by atoms with Gasteiger partial charge in [-0.25, -0.2) is 0 Å². The highest BCUT2D eigenvalue weighted by atomic mass is 16.1. The van der Waals surface area contributed by atoms with E-state index in [0.717, 1.165) is 38.8 Å². The zero-order valence-corrected chi connectivity index (χ0v) is 14.0. The summed E-state index contributed by atoms with van der Waals surface area (Å²) in [6.45, 7) is 13.5. The van der Waals surface area contributed by atoms with E-state index in [2.05, 4.69) is 18.7 Å². The lowest BCUT2D eigenvalue weighted by molar-refractivity contribution is -0.0211. The standard InChI is InChI=1S/C16H30N2O2/c1-7-9-11-17(12-10-8-2)16(5,6)18(14-20)15(3,4)13-19/h7-12H2,1-6H3. The molecule has 0 bridgehead atoms. The molecule has 0 aliphatic heterocycles. The average Bonchev–Trinajstić information content (AvgIpc) is 2.38. The Labute approximate surface area is 124 Å². The maximum absolute atomic E-state index is 11.4. The Morgan fingerprint density at radius 3 is 1.65 bits per heavy atom. The molecule has 0 unspecified atom stereocenters. The van der Waals surface area contributed by atoms with Crippen LogP contribution in [0.1, 0.15) is 67.2 Å². The second kappa shape index (κ2) is 8.40. The van der Waals surface area contributed by atoms with E-state index in [1.807, 2.05) is 26.5 Å². The highest BCUT2D eigenvalue weighted by Gasteiger charge is 2.41. The molecule has 0 spiro atoms. The fourth-order valence-corrected chi connectivity index (χ4v) is 2.45. The molecule has 0 N–H and O–H groups in total. The summed E-state index contributed by atoms with van der Waals surface area (Å²) in [5.74, 6) is 0. The highest BCUT2D eigenvalue weighted by molar-refractivity contribution is 5.69. The molecule has 20 heavy (non-hydrogen) atoms. The van der Waals surface area contributed by atoms with Gasteiger partial charge in [0.25, 0.3) is 0 Å². The summed E-state index contributed by atoms with van der Waals surface area (Å²) in [4.78, 5) is 26.3. The molecule has 2 radical (unpaired) electrons. The molecule has 0 saturated heterocycles. The monoisotopic (exact) mass is 282 g/mol. The van der Waals surface area contributed by atoms with E-state index in [0.29, 0.717) is 0 Å². The minimum Gasteiger partial charge on any atom is -0.304 e. The number of carbonyl (C=O) groups excluding carboxylic acids is 2. The number of unbranched alkanes of at least 4 members (excludes halogenated alkanes) is 2. The van der Waals surface area contributed by atoms with Crippen molar-refractivity contribution in [3.63, 3.8) is 0 Å². The summed E-state index contributed by atoms with van der Waals surface area (Å²) in [6, 6.07) is 0. The number of amides is 1. The van der Waals surface area contributed by atoms with E-state index in [1.54, 1.807) is 13.8 Å². The third kappa shape index (κ3) is 4.89. The minimum absolute atomic E-state index is 0.549. The molecule has 1 amide bonds. The van der Waals surface area contributed by atoms with Crippen LogP contribution in [0.2, 0.25) is 0 Å². The summed E-state index contributed by atoms with van der Waals surface area (Å²) in [7, 11) is 0. The maximum Gasteiger partial charge on any atom is 0.314 e. The molecule has 0 aromatic heterocycles. The first-order chi connectivity index (χ1) is 9.27. The van der Waals surface area contributed by atoms with E-state index in [-0.39, 0.29) is 0 Å². The third-order valence-electron chi connectivity index (χ3n) is 3.78. The maximum atomic E-state index is 11.4. The van der Waals surface area contributed by atoms with Crippen LogP contribution in [-0.4, -0.2) is 46.8 Å². The summed E-state index contributed by atoms with van der Waals surface area (Å²) in [5, 5.41) is 0. The second-order valence-corrected chi connectivity index (χ2v) is 6.28. The summed E-state index contributed by atoms with van der Waals surface area (Å²) >= 11 is 0. The van der Waals surface area contributed by atoms with E-state index in [9.17, 15) is 9.59 Å². The largest absolute Gasteiger partial charge is 0.314 e. The van der Waals surface area contributed by atoms with E-state index >= 15 is 0 Å². The molecular weight excluding hydrogens is 252 g/mol. The molecule has 4 nitrogen and oxygen atoms in total. The van der Waals surface area contributed by atoms with Gasteiger partial charge in [-0.2, -0.15) is 0 Å². The summed E-state index contributed by atoms with van der Waals surface area (Å²) in [6.07, 6.45) is 8.25. The lowest BCUT2D eigenvalue weighted by Crippen LogP contribution is -2.63. The van der Waals surface area contributed by atoms with Gasteiger partial charge < -0.3 is 4.90 Å². The Morgan fingerprint density at radius 1 is 0.900 bits per heavy atom. The Kier molecular flexibility index (Phi) is 8.02. The Balaban J connectivity index is 5.22. The molecular formula is C16H30N2O2. The molecule has 0 aliphatic rings. The van der Waals surface area contributed by atoms with Crippen LogP contribution in [0, 0.1) is 0 Å². The van der Waals surface area contributed by atoms with Crippen molar-refractivity contribution in [3.8, 4) is 0 Å². The van der Waals surface area contributed by atoms with Crippen molar-refractivity contribution in [1.82, 2.24) is 9.80 Å². The molecule has 4 heteroatoms. The van der Waals surface area contributed by atoms with Gasteiger partial charge in [0, 0.05) is 13.1 Å². The van der Waals surface area contributed by atoms with Crippen LogP contribution in [0.3, 0.4) is 0 Å². The van der Waals surface area contributed by atoms with Gasteiger partial charge in [0.05, 0.1) is 5.66 Å². The van der Waals surface area contributed by atoms with E-state index in [1.165, 1.54) is 4.90 Å². The first-order valence-corrected chi connectivity index (χ1v) is 7.60. The SMILES string of the molecule is CCCCN(CCCC)C(C)(C)N([C]=O)C(C)(C)[C]=O. The second-order valence-electron chi connectivity index (χ2n) is 6.28. The van der Waals surface area contributed by atoms with Gasteiger partial charge in [0.2, 0.25) is 6.29 Å². The van der Waals surface area contributed by atoms with Gasteiger partial charge in [0.15, 0.2) is 0 Å². The van der Waals surface area contributed by atoms with Crippen LogP contribution in [0.25, 0.3) is 0 Å².